The maximum absolute atomic E-state index is 12.1. The molecule has 0 spiro atoms. The van der Waals surface area contributed by atoms with Crippen molar-refractivity contribution in [2.24, 2.45) is 0 Å². The van der Waals surface area contributed by atoms with Gasteiger partial charge >= 0.3 is 11.8 Å². The number of aryl methyl sites for hydroxylation is 1. The van der Waals surface area contributed by atoms with Crippen LogP contribution < -0.4 is 14.9 Å². The third kappa shape index (κ3) is 4.43. The molecule has 2 amide bonds. The van der Waals surface area contributed by atoms with Gasteiger partial charge in [-0.1, -0.05) is 0 Å². The minimum absolute atomic E-state index is 0.141. The second-order valence-corrected chi connectivity index (χ2v) is 8.25. The summed E-state index contributed by atoms with van der Waals surface area (Å²) in [5.74, 6) is -1.39. The maximum atomic E-state index is 12.1. The molecule has 1 fully saturated rings. The van der Waals surface area contributed by atoms with Gasteiger partial charge in [-0.05, 0) is 54.8 Å². The highest BCUT2D eigenvalue weighted by Crippen LogP contribution is 2.27. The topological polar surface area (TPSA) is 108 Å². The van der Waals surface area contributed by atoms with Crippen LogP contribution in [0, 0.1) is 6.92 Å². The minimum atomic E-state index is -3.26. The molecule has 1 aliphatic heterocycles. The van der Waals surface area contributed by atoms with E-state index in [9.17, 15) is 18.0 Å². The zero-order valence-electron chi connectivity index (χ0n) is 14.8. The molecule has 1 aromatic heterocycles. The van der Waals surface area contributed by atoms with Crippen molar-refractivity contribution in [1.82, 2.24) is 10.3 Å². The van der Waals surface area contributed by atoms with Crippen LogP contribution in [0.15, 0.2) is 42.7 Å². The molecule has 2 heterocycles. The number of benzene rings is 1. The van der Waals surface area contributed by atoms with Gasteiger partial charge in [0, 0.05) is 31.2 Å². The highest BCUT2D eigenvalue weighted by Gasteiger charge is 2.28. The molecule has 0 saturated carbocycles. The Morgan fingerprint density at radius 2 is 1.89 bits per heavy atom. The fraction of sp³-hybridized carbons (Fsp3) is 0.278. The fourth-order valence-electron chi connectivity index (χ4n) is 2.82. The lowest BCUT2D eigenvalue weighted by atomic mass is 10.1. The Balaban J connectivity index is 1.63. The van der Waals surface area contributed by atoms with Crippen molar-refractivity contribution in [3.63, 3.8) is 0 Å². The third-order valence-corrected chi connectivity index (χ3v) is 6.12. The summed E-state index contributed by atoms with van der Waals surface area (Å²) in [6, 6.07) is 8.40. The zero-order valence-corrected chi connectivity index (χ0v) is 15.6. The molecule has 2 aromatic rings. The first-order valence-corrected chi connectivity index (χ1v) is 10.1. The molecule has 1 saturated heterocycles. The molecule has 0 atom stereocenters. The lowest BCUT2D eigenvalue weighted by Gasteiger charge is -2.18. The molecule has 0 unspecified atom stereocenters. The Morgan fingerprint density at radius 3 is 2.52 bits per heavy atom. The van der Waals surface area contributed by atoms with Gasteiger partial charge in [-0.3, -0.25) is 18.9 Å². The van der Waals surface area contributed by atoms with Gasteiger partial charge in [0.25, 0.3) is 0 Å². The molecule has 1 aromatic carbocycles. The van der Waals surface area contributed by atoms with Gasteiger partial charge in [0.1, 0.15) is 0 Å². The van der Waals surface area contributed by atoms with Crippen molar-refractivity contribution in [2.45, 2.75) is 19.9 Å². The minimum Gasteiger partial charge on any atom is -0.344 e. The van der Waals surface area contributed by atoms with Crippen molar-refractivity contribution in [3.05, 3.63) is 53.9 Å². The standard InChI is InChI=1S/C18H20N4O4S/c1-13-11-15(22-9-2-10-27(22,25)26)3-4-16(13)21-18(24)17(23)20-12-14-5-7-19-8-6-14/h3-8,11H,2,9-10,12H2,1H3,(H,20,23)(H,21,24). The van der Waals surface area contributed by atoms with E-state index in [-0.39, 0.29) is 12.3 Å². The molecule has 0 aliphatic carbocycles. The van der Waals surface area contributed by atoms with Crippen LogP contribution >= 0.6 is 0 Å². The zero-order chi connectivity index (χ0) is 19.4. The fourth-order valence-corrected chi connectivity index (χ4v) is 4.37. The SMILES string of the molecule is Cc1cc(N2CCCS2(=O)=O)ccc1NC(=O)C(=O)NCc1ccncc1. The van der Waals surface area contributed by atoms with Gasteiger partial charge < -0.3 is 10.6 Å². The number of amides is 2. The molecule has 0 bridgehead atoms. The highest BCUT2D eigenvalue weighted by molar-refractivity contribution is 7.93. The number of nitrogens with one attached hydrogen (secondary N) is 2. The number of aromatic nitrogens is 1. The van der Waals surface area contributed by atoms with Crippen LogP contribution in [0.5, 0.6) is 0 Å². The summed E-state index contributed by atoms with van der Waals surface area (Å²) in [6.45, 7) is 2.42. The normalized spacial score (nSPS) is 15.4. The summed E-state index contributed by atoms with van der Waals surface area (Å²) in [6.07, 6.45) is 3.80. The Bertz CT molecular complexity index is 961. The monoisotopic (exact) mass is 388 g/mol. The van der Waals surface area contributed by atoms with E-state index in [0.717, 1.165) is 5.56 Å². The van der Waals surface area contributed by atoms with E-state index in [2.05, 4.69) is 15.6 Å². The molecule has 142 valence electrons. The number of anilines is 2. The van der Waals surface area contributed by atoms with Gasteiger partial charge in [0.2, 0.25) is 10.0 Å². The molecule has 0 radical (unpaired) electrons. The number of sulfonamides is 1. The quantitative estimate of drug-likeness (QED) is 0.765. The predicted octanol–water partition coefficient (Wildman–Crippen LogP) is 1.18. The second-order valence-electron chi connectivity index (χ2n) is 6.23. The number of hydrogen-bond acceptors (Lipinski definition) is 5. The molecule has 27 heavy (non-hydrogen) atoms. The molecule has 1 aliphatic rings. The third-order valence-electron chi connectivity index (χ3n) is 4.25. The first-order valence-electron chi connectivity index (χ1n) is 8.46. The van der Waals surface area contributed by atoms with Gasteiger partial charge in [0.15, 0.2) is 0 Å². The number of carbonyl (C=O) groups excluding carboxylic acids is 2. The Hall–Kier alpha value is -2.94. The molecule has 3 rings (SSSR count). The van der Waals surface area contributed by atoms with Crippen LogP contribution in [0.4, 0.5) is 11.4 Å². The van der Waals surface area contributed by atoms with Crippen molar-refractivity contribution >= 4 is 33.2 Å². The Morgan fingerprint density at radius 1 is 1.15 bits per heavy atom. The van der Waals surface area contributed by atoms with Crippen LogP contribution in [-0.4, -0.2) is 37.5 Å². The van der Waals surface area contributed by atoms with Crippen molar-refractivity contribution in [2.75, 3.05) is 21.9 Å². The number of nitrogens with zero attached hydrogens (tertiary/aromatic N) is 2. The van der Waals surface area contributed by atoms with Crippen molar-refractivity contribution in [3.8, 4) is 0 Å². The van der Waals surface area contributed by atoms with Gasteiger partial charge in [-0.15, -0.1) is 0 Å². The van der Waals surface area contributed by atoms with Crippen LogP contribution in [0.1, 0.15) is 17.5 Å². The van der Waals surface area contributed by atoms with E-state index in [0.29, 0.717) is 29.9 Å². The Labute approximate surface area is 157 Å². The summed E-state index contributed by atoms with van der Waals surface area (Å²) < 4.78 is 25.4. The molecule has 2 N–H and O–H groups in total. The van der Waals surface area contributed by atoms with Gasteiger partial charge in [-0.2, -0.15) is 0 Å². The maximum Gasteiger partial charge on any atom is 0.313 e. The largest absolute Gasteiger partial charge is 0.344 e. The predicted molar refractivity (Wildman–Crippen MR) is 102 cm³/mol. The first kappa shape index (κ1) is 18.8. The molecular weight excluding hydrogens is 368 g/mol. The Kier molecular flexibility index (Phi) is 5.41. The number of carbonyl (C=O) groups is 2. The van der Waals surface area contributed by atoms with Crippen LogP contribution in [0.3, 0.4) is 0 Å². The van der Waals surface area contributed by atoms with Gasteiger partial charge in [0.05, 0.1) is 11.4 Å². The molecular formula is C18H20N4O4S. The second kappa shape index (κ2) is 7.75. The number of hydrogen-bond donors (Lipinski definition) is 2. The van der Waals surface area contributed by atoms with Gasteiger partial charge in [-0.25, -0.2) is 8.42 Å². The molecule has 8 nitrogen and oxygen atoms in total. The van der Waals surface area contributed by atoms with Crippen molar-refractivity contribution in [1.29, 1.82) is 0 Å². The summed E-state index contributed by atoms with van der Waals surface area (Å²) in [5.41, 5.74) is 2.52. The molecule has 9 heteroatoms. The van der Waals surface area contributed by atoms with E-state index in [1.807, 2.05) is 0 Å². The van der Waals surface area contributed by atoms with E-state index < -0.39 is 21.8 Å². The number of rotatable bonds is 4. The number of pyridine rings is 1. The first-order chi connectivity index (χ1) is 12.9. The average Bonchev–Trinajstić information content (AvgIpc) is 3.01. The van der Waals surface area contributed by atoms with Crippen LogP contribution in [-0.2, 0) is 26.2 Å². The average molecular weight is 388 g/mol. The highest BCUT2D eigenvalue weighted by atomic mass is 32.2. The summed E-state index contributed by atoms with van der Waals surface area (Å²) >= 11 is 0. The summed E-state index contributed by atoms with van der Waals surface area (Å²) in [7, 11) is -3.26. The van der Waals surface area contributed by atoms with Crippen LogP contribution in [0.25, 0.3) is 0 Å². The van der Waals surface area contributed by atoms with E-state index >= 15 is 0 Å². The van der Waals surface area contributed by atoms with E-state index in [1.165, 1.54) is 4.31 Å². The lowest BCUT2D eigenvalue weighted by Crippen LogP contribution is -2.35. The van der Waals surface area contributed by atoms with E-state index in [1.54, 1.807) is 49.6 Å². The van der Waals surface area contributed by atoms with Crippen LogP contribution in [0.2, 0.25) is 0 Å². The smallest absolute Gasteiger partial charge is 0.313 e. The summed E-state index contributed by atoms with van der Waals surface area (Å²) in [4.78, 5) is 27.9. The van der Waals surface area contributed by atoms with E-state index in [4.69, 9.17) is 0 Å². The summed E-state index contributed by atoms with van der Waals surface area (Å²) in [5, 5.41) is 5.09. The van der Waals surface area contributed by atoms with Crippen molar-refractivity contribution < 1.29 is 18.0 Å². The lowest BCUT2D eigenvalue weighted by molar-refractivity contribution is -0.136.